The third kappa shape index (κ3) is 3.20. The Kier molecular flexibility index (Phi) is 4.80. The van der Waals surface area contributed by atoms with Crippen molar-refractivity contribution < 1.29 is 4.79 Å². The Morgan fingerprint density at radius 2 is 2.05 bits per heavy atom. The first-order valence-electron chi connectivity index (χ1n) is 6.97. The van der Waals surface area contributed by atoms with E-state index in [0.717, 1.165) is 19.6 Å². The molecular formula is C14H24N4OS. The molecule has 1 aromatic heterocycles. The van der Waals surface area contributed by atoms with E-state index in [9.17, 15) is 4.79 Å². The molecule has 0 radical (unpaired) electrons. The van der Waals surface area contributed by atoms with Gasteiger partial charge >= 0.3 is 0 Å². The summed E-state index contributed by atoms with van der Waals surface area (Å²) in [7, 11) is 2.19. The van der Waals surface area contributed by atoms with Gasteiger partial charge in [0, 0.05) is 36.6 Å². The minimum absolute atomic E-state index is 0.204. The summed E-state index contributed by atoms with van der Waals surface area (Å²) in [4.78, 5) is 18.3. The Bertz CT molecular complexity index is 476. The molecule has 1 aliphatic rings. The number of hydrogen-bond donors (Lipinski definition) is 2. The molecule has 112 valence electrons. The standard InChI is InChI=1S/C14H24N4OS/c1-9-6-18(7-10(2)17(9)4)8-12-5-13(14(19)16-15)20-11(12)3/h5,9-10H,6-8,15H2,1-4H3,(H,16,19). The average molecular weight is 296 g/mol. The van der Waals surface area contributed by atoms with Crippen molar-refractivity contribution in [1.82, 2.24) is 15.2 Å². The second kappa shape index (κ2) is 6.22. The minimum Gasteiger partial charge on any atom is -0.298 e. The van der Waals surface area contributed by atoms with Crippen molar-refractivity contribution in [2.45, 2.75) is 39.4 Å². The fraction of sp³-hybridized carbons (Fsp3) is 0.643. The number of carbonyl (C=O) groups is 1. The van der Waals surface area contributed by atoms with E-state index < -0.39 is 0 Å². The van der Waals surface area contributed by atoms with E-state index in [-0.39, 0.29) is 5.91 Å². The Morgan fingerprint density at radius 3 is 2.60 bits per heavy atom. The lowest BCUT2D eigenvalue weighted by atomic mass is 10.1. The smallest absolute Gasteiger partial charge is 0.275 e. The van der Waals surface area contributed by atoms with E-state index in [4.69, 9.17) is 5.84 Å². The molecule has 1 amide bonds. The van der Waals surface area contributed by atoms with Gasteiger partial charge in [0.05, 0.1) is 4.88 Å². The maximum absolute atomic E-state index is 11.6. The van der Waals surface area contributed by atoms with Crippen LogP contribution in [0.5, 0.6) is 0 Å². The van der Waals surface area contributed by atoms with Crippen molar-refractivity contribution in [1.29, 1.82) is 0 Å². The maximum atomic E-state index is 11.6. The van der Waals surface area contributed by atoms with E-state index in [1.165, 1.54) is 21.8 Å². The molecule has 2 unspecified atom stereocenters. The van der Waals surface area contributed by atoms with Gasteiger partial charge in [-0.1, -0.05) is 0 Å². The lowest BCUT2D eigenvalue weighted by Gasteiger charge is -2.42. The summed E-state index contributed by atoms with van der Waals surface area (Å²) in [5.74, 6) is 4.99. The van der Waals surface area contributed by atoms with E-state index in [2.05, 4.69) is 43.0 Å². The second-order valence-corrected chi connectivity index (χ2v) is 6.98. The highest BCUT2D eigenvalue weighted by Gasteiger charge is 2.27. The van der Waals surface area contributed by atoms with Crippen LogP contribution in [0.3, 0.4) is 0 Å². The molecule has 1 fully saturated rings. The quantitative estimate of drug-likeness (QED) is 0.499. The highest BCUT2D eigenvalue weighted by molar-refractivity contribution is 7.14. The molecule has 0 aromatic carbocycles. The van der Waals surface area contributed by atoms with Gasteiger partial charge in [-0.05, 0) is 39.4 Å². The third-order valence-corrected chi connectivity index (χ3v) is 5.30. The molecule has 20 heavy (non-hydrogen) atoms. The molecule has 1 aromatic rings. The predicted octanol–water partition coefficient (Wildman–Crippen LogP) is 1.18. The Morgan fingerprint density at radius 1 is 1.45 bits per heavy atom. The van der Waals surface area contributed by atoms with Crippen molar-refractivity contribution in [3.05, 3.63) is 21.4 Å². The molecule has 0 aliphatic carbocycles. The van der Waals surface area contributed by atoms with Crippen LogP contribution in [0.25, 0.3) is 0 Å². The first-order chi connectivity index (χ1) is 9.42. The fourth-order valence-electron chi connectivity index (χ4n) is 2.74. The van der Waals surface area contributed by atoms with Gasteiger partial charge in [0.15, 0.2) is 0 Å². The molecule has 1 aliphatic heterocycles. The number of carbonyl (C=O) groups excluding carboxylic acids is 1. The number of aryl methyl sites for hydroxylation is 1. The van der Waals surface area contributed by atoms with Gasteiger partial charge in [-0.3, -0.25) is 20.0 Å². The van der Waals surface area contributed by atoms with Crippen molar-refractivity contribution in [2.24, 2.45) is 5.84 Å². The number of nitrogens with zero attached hydrogens (tertiary/aromatic N) is 2. The van der Waals surface area contributed by atoms with Crippen molar-refractivity contribution in [2.75, 3.05) is 20.1 Å². The molecule has 0 spiro atoms. The summed E-state index contributed by atoms with van der Waals surface area (Å²) in [6.45, 7) is 9.62. The topological polar surface area (TPSA) is 61.6 Å². The monoisotopic (exact) mass is 296 g/mol. The summed E-state index contributed by atoms with van der Waals surface area (Å²) in [5, 5.41) is 0. The molecule has 1 saturated heterocycles. The number of hydrogen-bond acceptors (Lipinski definition) is 5. The molecule has 3 N–H and O–H groups in total. The summed E-state index contributed by atoms with van der Waals surface area (Å²) < 4.78 is 0. The van der Waals surface area contributed by atoms with Gasteiger partial charge in [-0.2, -0.15) is 0 Å². The zero-order chi connectivity index (χ0) is 14.9. The minimum atomic E-state index is -0.204. The van der Waals surface area contributed by atoms with Crippen LogP contribution >= 0.6 is 11.3 Å². The molecule has 0 saturated carbocycles. The number of nitrogens with one attached hydrogen (secondary N) is 1. The maximum Gasteiger partial charge on any atom is 0.275 e. The SMILES string of the molecule is Cc1sc(C(=O)NN)cc1CN1CC(C)N(C)C(C)C1. The van der Waals surface area contributed by atoms with Crippen LogP contribution in [-0.4, -0.2) is 47.9 Å². The van der Waals surface area contributed by atoms with Gasteiger partial charge in [-0.15, -0.1) is 11.3 Å². The normalized spacial score (nSPS) is 24.9. The van der Waals surface area contributed by atoms with E-state index in [0.29, 0.717) is 17.0 Å². The van der Waals surface area contributed by atoms with Crippen LogP contribution in [0, 0.1) is 6.92 Å². The summed E-state index contributed by atoms with van der Waals surface area (Å²) in [5.41, 5.74) is 3.43. The number of likely N-dealkylation sites (N-methyl/N-ethyl adjacent to an activating group) is 1. The Labute approximate surface area is 124 Å². The van der Waals surface area contributed by atoms with Crippen molar-refractivity contribution >= 4 is 17.2 Å². The molecule has 2 atom stereocenters. The van der Waals surface area contributed by atoms with E-state index in [1.54, 1.807) is 0 Å². The summed E-state index contributed by atoms with van der Waals surface area (Å²) >= 11 is 1.51. The third-order valence-electron chi connectivity index (χ3n) is 4.20. The number of nitrogens with two attached hydrogens (primary N) is 1. The van der Waals surface area contributed by atoms with E-state index in [1.807, 2.05) is 6.07 Å². The lowest BCUT2D eigenvalue weighted by molar-refractivity contribution is 0.0556. The average Bonchev–Trinajstić information content (AvgIpc) is 2.76. The highest BCUT2D eigenvalue weighted by Crippen LogP contribution is 2.24. The van der Waals surface area contributed by atoms with E-state index >= 15 is 0 Å². The number of nitrogen functional groups attached to an aromatic ring is 1. The molecule has 6 heteroatoms. The van der Waals surface area contributed by atoms with Crippen molar-refractivity contribution in [3.8, 4) is 0 Å². The van der Waals surface area contributed by atoms with Gasteiger partial charge < -0.3 is 0 Å². The fourth-order valence-corrected chi connectivity index (χ4v) is 3.68. The first kappa shape index (κ1) is 15.4. The number of piperazine rings is 1. The molecular weight excluding hydrogens is 272 g/mol. The zero-order valence-electron chi connectivity index (χ0n) is 12.6. The van der Waals surface area contributed by atoms with Gasteiger partial charge in [0.1, 0.15) is 0 Å². The number of amides is 1. The number of thiophene rings is 1. The van der Waals surface area contributed by atoms with Gasteiger partial charge in [-0.25, -0.2) is 5.84 Å². The first-order valence-corrected chi connectivity index (χ1v) is 7.78. The Balaban J connectivity index is 2.07. The number of hydrazine groups is 1. The van der Waals surface area contributed by atoms with Crippen LogP contribution in [0.2, 0.25) is 0 Å². The number of rotatable bonds is 3. The molecule has 0 bridgehead atoms. The Hall–Kier alpha value is -0.950. The summed E-state index contributed by atoms with van der Waals surface area (Å²) in [6.07, 6.45) is 0. The lowest BCUT2D eigenvalue weighted by Crippen LogP contribution is -2.54. The summed E-state index contributed by atoms with van der Waals surface area (Å²) in [6, 6.07) is 3.09. The highest BCUT2D eigenvalue weighted by atomic mass is 32.1. The largest absolute Gasteiger partial charge is 0.298 e. The van der Waals surface area contributed by atoms with Crippen LogP contribution in [-0.2, 0) is 6.54 Å². The van der Waals surface area contributed by atoms with Crippen LogP contribution in [0.1, 0.15) is 34.0 Å². The van der Waals surface area contributed by atoms with Crippen LogP contribution in [0.15, 0.2) is 6.07 Å². The van der Waals surface area contributed by atoms with Crippen LogP contribution < -0.4 is 11.3 Å². The zero-order valence-corrected chi connectivity index (χ0v) is 13.5. The predicted molar refractivity (Wildman–Crippen MR) is 82.7 cm³/mol. The van der Waals surface area contributed by atoms with Crippen LogP contribution in [0.4, 0.5) is 0 Å². The molecule has 2 heterocycles. The van der Waals surface area contributed by atoms with Gasteiger partial charge in [0.25, 0.3) is 5.91 Å². The van der Waals surface area contributed by atoms with Crippen molar-refractivity contribution in [3.63, 3.8) is 0 Å². The second-order valence-electron chi connectivity index (χ2n) is 5.72. The molecule has 2 rings (SSSR count). The molecule has 5 nitrogen and oxygen atoms in total. The van der Waals surface area contributed by atoms with Gasteiger partial charge in [0.2, 0.25) is 0 Å².